The summed E-state index contributed by atoms with van der Waals surface area (Å²) >= 11 is 2.32. The van der Waals surface area contributed by atoms with Gasteiger partial charge in [0.1, 0.15) is 29.9 Å². The van der Waals surface area contributed by atoms with Gasteiger partial charge in [0.25, 0.3) is 11.8 Å². The molecule has 3 amide bonds. The van der Waals surface area contributed by atoms with Crippen LogP contribution in [-0.2, 0) is 24.0 Å². The van der Waals surface area contributed by atoms with Crippen molar-refractivity contribution in [1.29, 1.82) is 0 Å². The standard InChI is InChI=1S/C16H13N5O6S2/c1-3-7-4-28-14-10(13(24)21(14)11(7)15(25)26)19-12(23)9(20-27-2)8-5-29-16(18-8)17-6-22/h1,5-6,10,14H,4H2,2H3,(H,19,23)(H,25,26)(H,17,18,22)/t10?,14-/m0/s1. The Hall–Kier alpha value is -3.37. The lowest BCUT2D eigenvalue weighted by atomic mass is 10.0. The first-order valence-corrected chi connectivity index (χ1v) is 9.81. The topological polar surface area (TPSA) is 150 Å². The van der Waals surface area contributed by atoms with E-state index in [4.69, 9.17) is 6.42 Å². The summed E-state index contributed by atoms with van der Waals surface area (Å²) in [6.45, 7) is 0. The fraction of sp³-hybridized carbons (Fsp3) is 0.250. The lowest BCUT2D eigenvalue weighted by Crippen LogP contribution is -2.71. The first-order chi connectivity index (χ1) is 13.9. The Morgan fingerprint density at radius 2 is 2.31 bits per heavy atom. The van der Waals surface area contributed by atoms with Crippen molar-refractivity contribution in [3.63, 3.8) is 0 Å². The molecule has 150 valence electrons. The molecule has 0 saturated carbocycles. The molecule has 2 aliphatic heterocycles. The molecule has 3 heterocycles. The number of amides is 3. The number of hydrogen-bond acceptors (Lipinski definition) is 9. The summed E-state index contributed by atoms with van der Waals surface area (Å²) < 4.78 is 0. The first-order valence-electron chi connectivity index (χ1n) is 7.88. The van der Waals surface area contributed by atoms with E-state index in [1.54, 1.807) is 0 Å². The minimum Gasteiger partial charge on any atom is -0.477 e. The highest BCUT2D eigenvalue weighted by molar-refractivity contribution is 8.00. The summed E-state index contributed by atoms with van der Waals surface area (Å²) in [5, 5.41) is 19.0. The fourth-order valence-electron chi connectivity index (χ4n) is 2.73. The van der Waals surface area contributed by atoms with Gasteiger partial charge < -0.3 is 20.6 Å². The lowest BCUT2D eigenvalue weighted by Gasteiger charge is -2.48. The highest BCUT2D eigenvalue weighted by Gasteiger charge is 2.54. The molecule has 0 radical (unpaired) electrons. The van der Waals surface area contributed by atoms with Gasteiger partial charge in [-0.1, -0.05) is 11.1 Å². The number of carbonyl (C=O) groups excluding carboxylic acids is 3. The van der Waals surface area contributed by atoms with Gasteiger partial charge in [-0.3, -0.25) is 19.3 Å². The van der Waals surface area contributed by atoms with E-state index in [-0.39, 0.29) is 33.6 Å². The summed E-state index contributed by atoms with van der Waals surface area (Å²) in [5.41, 5.74) is -0.106. The quantitative estimate of drug-likeness (QED) is 0.169. The highest BCUT2D eigenvalue weighted by atomic mass is 32.2. The number of aliphatic carboxylic acids is 1. The third kappa shape index (κ3) is 3.67. The summed E-state index contributed by atoms with van der Waals surface area (Å²) in [7, 11) is 1.24. The Morgan fingerprint density at radius 3 is 2.93 bits per heavy atom. The third-order valence-corrected chi connectivity index (χ3v) is 6.01. The number of fused-ring (bicyclic) bond motifs is 1. The predicted molar refractivity (Wildman–Crippen MR) is 104 cm³/mol. The van der Waals surface area contributed by atoms with Crippen LogP contribution in [0.1, 0.15) is 5.69 Å². The van der Waals surface area contributed by atoms with Crippen LogP contribution in [0.2, 0.25) is 0 Å². The van der Waals surface area contributed by atoms with Gasteiger partial charge in [0.2, 0.25) is 6.41 Å². The zero-order chi connectivity index (χ0) is 21.1. The number of hydrogen-bond donors (Lipinski definition) is 3. The number of nitrogens with one attached hydrogen (secondary N) is 2. The van der Waals surface area contributed by atoms with Crippen LogP contribution in [0.5, 0.6) is 0 Å². The first kappa shape index (κ1) is 20.4. The third-order valence-electron chi connectivity index (χ3n) is 3.96. The molecule has 2 aliphatic rings. The van der Waals surface area contributed by atoms with Crippen molar-refractivity contribution in [3.8, 4) is 12.3 Å². The van der Waals surface area contributed by atoms with Gasteiger partial charge >= 0.3 is 5.97 Å². The molecule has 13 heteroatoms. The molecule has 1 aromatic rings. The fourth-order valence-corrected chi connectivity index (χ4v) is 4.68. The molecule has 0 bridgehead atoms. The maximum Gasteiger partial charge on any atom is 0.353 e. The number of carboxylic acids is 1. The molecule has 2 atom stereocenters. The minimum absolute atomic E-state index is 0.138. The largest absolute Gasteiger partial charge is 0.477 e. The van der Waals surface area contributed by atoms with Crippen LogP contribution >= 0.6 is 23.1 Å². The van der Waals surface area contributed by atoms with Crippen molar-refractivity contribution in [1.82, 2.24) is 15.2 Å². The number of nitrogens with zero attached hydrogens (tertiary/aromatic N) is 3. The molecule has 1 unspecified atom stereocenters. The molecule has 1 fully saturated rings. The van der Waals surface area contributed by atoms with Crippen LogP contribution < -0.4 is 10.6 Å². The Morgan fingerprint density at radius 1 is 1.55 bits per heavy atom. The average Bonchev–Trinajstić information content (AvgIpc) is 3.17. The second-order valence-electron chi connectivity index (χ2n) is 5.56. The Bertz CT molecular complexity index is 994. The van der Waals surface area contributed by atoms with Crippen LogP contribution in [0.15, 0.2) is 21.8 Å². The molecular formula is C16H13N5O6S2. The molecule has 0 aromatic carbocycles. The smallest absolute Gasteiger partial charge is 0.353 e. The zero-order valence-corrected chi connectivity index (χ0v) is 16.4. The maximum absolute atomic E-state index is 12.7. The number of anilines is 1. The zero-order valence-electron chi connectivity index (χ0n) is 14.7. The molecule has 11 nitrogen and oxygen atoms in total. The summed E-state index contributed by atoms with van der Waals surface area (Å²) in [5.74, 6) is -0.126. The normalized spacial score (nSPS) is 20.9. The van der Waals surface area contributed by atoms with Gasteiger partial charge in [0.05, 0.1) is 0 Å². The van der Waals surface area contributed by atoms with Gasteiger partial charge in [-0.05, 0) is 0 Å². The average molecular weight is 435 g/mol. The highest BCUT2D eigenvalue weighted by Crippen LogP contribution is 2.40. The maximum atomic E-state index is 12.7. The minimum atomic E-state index is -1.30. The number of rotatable bonds is 7. The molecular weight excluding hydrogens is 422 g/mol. The summed E-state index contributed by atoms with van der Waals surface area (Å²) in [6.07, 6.45) is 5.77. The van der Waals surface area contributed by atoms with Crippen molar-refractivity contribution in [2.24, 2.45) is 5.16 Å². The lowest BCUT2D eigenvalue weighted by molar-refractivity contribution is -0.150. The van der Waals surface area contributed by atoms with Crippen LogP contribution in [-0.4, -0.2) is 69.2 Å². The van der Waals surface area contributed by atoms with Gasteiger partial charge in [-0.15, -0.1) is 29.5 Å². The number of terminal acetylenes is 1. The Labute approximate surface area is 172 Å². The number of carbonyl (C=O) groups is 4. The molecule has 1 saturated heterocycles. The van der Waals surface area contributed by atoms with Crippen molar-refractivity contribution in [3.05, 3.63) is 22.3 Å². The van der Waals surface area contributed by atoms with E-state index in [9.17, 15) is 24.3 Å². The van der Waals surface area contributed by atoms with Gasteiger partial charge in [0, 0.05) is 16.7 Å². The molecule has 0 spiro atoms. The van der Waals surface area contributed by atoms with Gasteiger partial charge in [-0.25, -0.2) is 9.78 Å². The molecule has 3 N–H and O–H groups in total. The van der Waals surface area contributed by atoms with Crippen molar-refractivity contribution < 1.29 is 29.1 Å². The van der Waals surface area contributed by atoms with E-state index in [1.165, 1.54) is 24.3 Å². The SMILES string of the molecule is C#CC1=C(C(=O)O)N2C(=O)C(NC(=O)C(=NOC)c3csc(NC=O)n3)[C@@H]2SC1. The number of aromatic nitrogens is 1. The molecule has 29 heavy (non-hydrogen) atoms. The number of thiazole rings is 1. The summed E-state index contributed by atoms with van der Waals surface area (Å²) in [4.78, 5) is 57.0. The second kappa shape index (κ2) is 8.33. The number of β-lactam (4-membered cyclic amide) rings is 1. The van der Waals surface area contributed by atoms with Gasteiger partial charge in [-0.2, -0.15) is 0 Å². The molecule has 0 aliphatic carbocycles. The van der Waals surface area contributed by atoms with E-state index >= 15 is 0 Å². The Balaban J connectivity index is 1.78. The van der Waals surface area contributed by atoms with E-state index in [2.05, 4.69) is 31.5 Å². The van der Waals surface area contributed by atoms with E-state index in [0.717, 1.165) is 16.2 Å². The number of carboxylic acid groups (broad SMARTS) is 1. The van der Waals surface area contributed by atoms with Crippen LogP contribution in [0.3, 0.4) is 0 Å². The van der Waals surface area contributed by atoms with Crippen molar-refractivity contribution in [2.45, 2.75) is 11.4 Å². The van der Waals surface area contributed by atoms with Crippen molar-refractivity contribution >= 4 is 58.1 Å². The predicted octanol–water partition coefficient (Wildman–Crippen LogP) is -0.566. The van der Waals surface area contributed by atoms with E-state index < -0.39 is 29.2 Å². The summed E-state index contributed by atoms with van der Waals surface area (Å²) in [6, 6.07) is -0.963. The second-order valence-corrected chi connectivity index (χ2v) is 7.52. The monoisotopic (exact) mass is 435 g/mol. The molecule has 1 aromatic heterocycles. The van der Waals surface area contributed by atoms with Gasteiger partial charge in [0.15, 0.2) is 10.8 Å². The number of oxime groups is 1. The van der Waals surface area contributed by atoms with E-state index in [0.29, 0.717) is 6.41 Å². The van der Waals surface area contributed by atoms with E-state index in [1.807, 2.05) is 0 Å². The number of thioether (sulfide) groups is 1. The van der Waals surface area contributed by atoms with Crippen LogP contribution in [0.4, 0.5) is 5.13 Å². The van der Waals surface area contributed by atoms with Crippen molar-refractivity contribution in [2.75, 3.05) is 18.2 Å². The molecule has 3 rings (SSSR count). The van der Waals surface area contributed by atoms with Crippen LogP contribution in [0, 0.1) is 12.3 Å². The Kier molecular flexibility index (Phi) is 5.85. The van der Waals surface area contributed by atoms with Crippen LogP contribution in [0.25, 0.3) is 0 Å².